The van der Waals surface area contributed by atoms with E-state index in [1.807, 2.05) is 42.5 Å². The molecule has 132 valence electrons. The van der Waals surface area contributed by atoms with Crippen molar-refractivity contribution in [2.45, 2.75) is 13.0 Å². The normalized spacial score (nSPS) is 12.4. The third kappa shape index (κ3) is 2.57. The lowest BCUT2D eigenvalue weighted by atomic mass is 10.0. The Morgan fingerprint density at radius 2 is 1.58 bits per heavy atom. The van der Waals surface area contributed by atoms with Crippen LogP contribution in [0.3, 0.4) is 0 Å². The molecule has 5 nitrogen and oxygen atoms in total. The van der Waals surface area contributed by atoms with Crippen LogP contribution in [0.5, 0.6) is 0 Å². The van der Waals surface area contributed by atoms with E-state index < -0.39 is 0 Å². The van der Waals surface area contributed by atoms with Gasteiger partial charge in [-0.3, -0.25) is 9.59 Å². The average Bonchev–Trinajstić information content (AvgIpc) is 2.97. The molecule has 0 bridgehead atoms. The molecule has 4 rings (SSSR count). The number of carbonyl (C=O) groups excluding carboxylic acids is 1. The van der Waals surface area contributed by atoms with Crippen LogP contribution < -0.4 is 10.9 Å². The Morgan fingerprint density at radius 1 is 0.885 bits per heavy atom. The quantitative estimate of drug-likeness (QED) is 0.524. The Hall–Kier alpha value is -2.76. The Balaban J connectivity index is 1.88. The first kappa shape index (κ1) is 16.7. The highest BCUT2D eigenvalue weighted by molar-refractivity contribution is 6.26. The molecule has 0 radical (unpaired) electrons. The van der Waals surface area contributed by atoms with Gasteiger partial charge in [-0.15, -0.1) is 0 Å². The summed E-state index contributed by atoms with van der Waals surface area (Å²) in [6.07, 6.45) is 0.737. The fourth-order valence-corrected chi connectivity index (χ4v) is 3.71. The number of nitrogens with zero attached hydrogens (tertiary/aromatic N) is 1. The third-order valence-electron chi connectivity index (χ3n) is 4.86. The molecule has 0 aliphatic heterocycles. The van der Waals surface area contributed by atoms with Gasteiger partial charge in [-0.25, -0.2) is 0 Å². The summed E-state index contributed by atoms with van der Waals surface area (Å²) in [6.45, 7) is 1.84. The number of carbonyl (C=O) groups is 1. The second-order valence-electron chi connectivity index (χ2n) is 6.43. The highest BCUT2D eigenvalue weighted by Gasteiger charge is 2.31. The molecule has 3 aromatic rings. The molecule has 0 fully saturated rings. The van der Waals surface area contributed by atoms with Crippen molar-refractivity contribution in [2.24, 2.45) is 0 Å². The maximum atomic E-state index is 13.1. The zero-order chi connectivity index (χ0) is 18.1. The van der Waals surface area contributed by atoms with E-state index in [9.17, 15) is 9.59 Å². The van der Waals surface area contributed by atoms with Gasteiger partial charge in [0.2, 0.25) is 0 Å². The number of rotatable bonds is 6. The minimum absolute atomic E-state index is 0.0149. The minimum atomic E-state index is -0.0639. The van der Waals surface area contributed by atoms with Gasteiger partial charge in [0.05, 0.1) is 17.9 Å². The number of aromatic nitrogens is 1. The molecule has 0 amide bonds. The molecule has 1 aliphatic rings. The molecule has 1 aromatic heterocycles. The molecule has 2 N–H and O–H groups in total. The predicted molar refractivity (Wildman–Crippen MR) is 102 cm³/mol. The number of hydrogen-bond acceptors (Lipinski definition) is 4. The van der Waals surface area contributed by atoms with E-state index in [0.717, 1.165) is 23.1 Å². The van der Waals surface area contributed by atoms with Gasteiger partial charge in [0, 0.05) is 35.0 Å². The molecular weight excluding hydrogens is 328 g/mol. The van der Waals surface area contributed by atoms with E-state index in [2.05, 4.69) is 5.32 Å². The van der Waals surface area contributed by atoms with Crippen LogP contribution >= 0.6 is 0 Å². The topological polar surface area (TPSA) is 71.3 Å². The zero-order valence-corrected chi connectivity index (χ0v) is 14.4. The molecule has 0 spiro atoms. The SMILES string of the molecule is O=C1c2ccccc2-c2c1c1ccccc1c(=O)n2CCCNCCO. The Kier molecular flexibility index (Phi) is 4.41. The fourth-order valence-electron chi connectivity index (χ4n) is 3.71. The summed E-state index contributed by atoms with van der Waals surface area (Å²) < 4.78 is 1.74. The van der Waals surface area contributed by atoms with E-state index in [-0.39, 0.29) is 17.9 Å². The molecule has 0 unspecified atom stereocenters. The van der Waals surface area contributed by atoms with Crippen molar-refractivity contribution in [3.8, 4) is 11.3 Å². The summed E-state index contributed by atoms with van der Waals surface area (Å²) >= 11 is 0. The van der Waals surface area contributed by atoms with Gasteiger partial charge in [0.1, 0.15) is 0 Å². The van der Waals surface area contributed by atoms with E-state index in [4.69, 9.17) is 5.11 Å². The monoisotopic (exact) mass is 348 g/mol. The largest absolute Gasteiger partial charge is 0.395 e. The van der Waals surface area contributed by atoms with Crippen LogP contribution in [0.25, 0.3) is 22.0 Å². The number of aliphatic hydroxyl groups is 1. The van der Waals surface area contributed by atoms with Crippen LogP contribution in [0.4, 0.5) is 0 Å². The highest BCUT2D eigenvalue weighted by atomic mass is 16.3. The van der Waals surface area contributed by atoms with Gasteiger partial charge in [-0.1, -0.05) is 42.5 Å². The van der Waals surface area contributed by atoms with Crippen LogP contribution in [0, 0.1) is 0 Å². The number of aliphatic hydroxyl groups excluding tert-OH is 1. The number of hydrogen-bond donors (Lipinski definition) is 2. The van der Waals surface area contributed by atoms with Gasteiger partial charge < -0.3 is 15.0 Å². The van der Waals surface area contributed by atoms with Gasteiger partial charge in [0.15, 0.2) is 5.78 Å². The molecule has 2 aromatic carbocycles. The number of nitrogens with one attached hydrogen (secondary N) is 1. The first-order valence-electron chi connectivity index (χ1n) is 8.85. The van der Waals surface area contributed by atoms with Gasteiger partial charge in [-0.05, 0) is 19.0 Å². The van der Waals surface area contributed by atoms with Gasteiger partial charge >= 0.3 is 0 Å². The van der Waals surface area contributed by atoms with Crippen LogP contribution in [0.15, 0.2) is 53.3 Å². The lowest BCUT2D eigenvalue weighted by Crippen LogP contribution is -2.26. The Labute approximate surface area is 150 Å². The van der Waals surface area contributed by atoms with Crippen LogP contribution in [-0.2, 0) is 6.54 Å². The standard InChI is InChI=1S/C21H20N2O3/c24-13-11-22-10-5-12-23-19-15-7-2-3-8-16(15)20(25)18(19)14-6-1-4-9-17(14)21(23)26/h1-4,6-9,22,24H,5,10-13H2. The van der Waals surface area contributed by atoms with Crippen molar-refractivity contribution in [1.29, 1.82) is 0 Å². The number of ketones is 1. The summed E-state index contributed by atoms with van der Waals surface area (Å²) in [5, 5.41) is 13.3. The van der Waals surface area contributed by atoms with E-state index >= 15 is 0 Å². The molecule has 26 heavy (non-hydrogen) atoms. The molecule has 0 atom stereocenters. The first-order valence-corrected chi connectivity index (χ1v) is 8.85. The summed E-state index contributed by atoms with van der Waals surface area (Å²) in [6, 6.07) is 14.8. The van der Waals surface area contributed by atoms with Crippen molar-refractivity contribution < 1.29 is 9.90 Å². The minimum Gasteiger partial charge on any atom is -0.395 e. The van der Waals surface area contributed by atoms with Crippen LogP contribution in [-0.4, -0.2) is 35.2 Å². The number of pyridine rings is 1. The van der Waals surface area contributed by atoms with Crippen molar-refractivity contribution in [3.63, 3.8) is 0 Å². The van der Waals surface area contributed by atoms with E-state index in [1.54, 1.807) is 10.6 Å². The zero-order valence-electron chi connectivity index (χ0n) is 14.4. The summed E-state index contributed by atoms with van der Waals surface area (Å²) in [4.78, 5) is 26.1. The van der Waals surface area contributed by atoms with E-state index in [1.165, 1.54) is 0 Å². The second-order valence-corrected chi connectivity index (χ2v) is 6.43. The molecular formula is C21H20N2O3. The fraction of sp³-hybridized carbons (Fsp3) is 0.238. The summed E-state index contributed by atoms with van der Waals surface area (Å²) in [5.41, 5.74) is 2.79. The molecule has 1 heterocycles. The van der Waals surface area contributed by atoms with Gasteiger partial charge in [0.25, 0.3) is 5.56 Å². The smallest absolute Gasteiger partial charge is 0.258 e. The van der Waals surface area contributed by atoms with Gasteiger partial charge in [-0.2, -0.15) is 0 Å². The maximum absolute atomic E-state index is 13.1. The Morgan fingerprint density at radius 3 is 2.35 bits per heavy atom. The summed E-state index contributed by atoms with van der Waals surface area (Å²) in [5.74, 6) is -0.0149. The lowest BCUT2D eigenvalue weighted by molar-refractivity contribution is 0.104. The predicted octanol–water partition coefficient (Wildman–Crippen LogP) is 2.18. The van der Waals surface area contributed by atoms with Crippen LogP contribution in [0.2, 0.25) is 0 Å². The highest BCUT2D eigenvalue weighted by Crippen LogP contribution is 2.39. The van der Waals surface area contributed by atoms with Crippen molar-refractivity contribution in [2.75, 3.05) is 19.7 Å². The molecule has 1 aliphatic carbocycles. The molecule has 0 saturated carbocycles. The Bertz CT molecular complexity index is 1050. The maximum Gasteiger partial charge on any atom is 0.258 e. The molecule has 0 saturated heterocycles. The van der Waals surface area contributed by atoms with Crippen LogP contribution in [0.1, 0.15) is 22.3 Å². The lowest BCUT2D eigenvalue weighted by Gasteiger charge is -2.15. The van der Waals surface area contributed by atoms with E-state index in [0.29, 0.717) is 36.1 Å². The summed E-state index contributed by atoms with van der Waals surface area (Å²) in [7, 11) is 0. The second kappa shape index (κ2) is 6.86. The third-order valence-corrected chi connectivity index (χ3v) is 4.86. The van der Waals surface area contributed by atoms with Crippen molar-refractivity contribution >= 4 is 16.6 Å². The average molecular weight is 348 g/mol. The number of fused-ring (bicyclic) bond motifs is 5. The number of benzene rings is 2. The van der Waals surface area contributed by atoms with Crippen molar-refractivity contribution in [1.82, 2.24) is 9.88 Å². The van der Waals surface area contributed by atoms with Crippen molar-refractivity contribution in [3.05, 3.63) is 70.0 Å². The molecule has 5 heteroatoms. The first-order chi connectivity index (χ1) is 12.7.